The van der Waals surface area contributed by atoms with Crippen molar-refractivity contribution in [3.8, 4) is 34.4 Å². The standard InChI is InChI=1S/C24H24N6O4/c1-31-18-7-5-16(6-8-18)28-21-11-15(9-10-25-21)23-26-14-27-24(30-23)29-17-12-19(32-2)22(34-4)20(13-17)33-3/h5-14H,1-4H3,(H,25,28)(H,26,27,29,30). The summed E-state index contributed by atoms with van der Waals surface area (Å²) >= 11 is 0. The molecule has 0 bridgehead atoms. The lowest BCUT2D eigenvalue weighted by Crippen LogP contribution is -2.02. The van der Waals surface area contributed by atoms with E-state index in [1.807, 2.05) is 36.4 Å². The van der Waals surface area contributed by atoms with Gasteiger partial charge in [0, 0.05) is 35.3 Å². The summed E-state index contributed by atoms with van der Waals surface area (Å²) in [6, 6.07) is 14.8. The number of rotatable bonds is 9. The Kier molecular flexibility index (Phi) is 6.87. The van der Waals surface area contributed by atoms with E-state index >= 15 is 0 Å². The topological polar surface area (TPSA) is 113 Å². The smallest absolute Gasteiger partial charge is 0.230 e. The van der Waals surface area contributed by atoms with Crippen molar-refractivity contribution in [3.63, 3.8) is 0 Å². The molecule has 4 aromatic rings. The molecule has 34 heavy (non-hydrogen) atoms. The SMILES string of the molecule is COc1ccc(Nc2cc(-c3ncnc(Nc4cc(OC)c(OC)c(OC)c4)n3)ccn2)cc1. The monoisotopic (exact) mass is 460 g/mol. The predicted molar refractivity (Wildman–Crippen MR) is 129 cm³/mol. The molecule has 10 heteroatoms. The zero-order valence-corrected chi connectivity index (χ0v) is 19.2. The molecule has 0 aliphatic rings. The molecule has 0 atom stereocenters. The fraction of sp³-hybridized carbons (Fsp3) is 0.167. The van der Waals surface area contributed by atoms with Crippen molar-refractivity contribution in [1.29, 1.82) is 0 Å². The molecule has 0 saturated carbocycles. The highest BCUT2D eigenvalue weighted by molar-refractivity contribution is 5.68. The van der Waals surface area contributed by atoms with Gasteiger partial charge in [-0.1, -0.05) is 0 Å². The van der Waals surface area contributed by atoms with E-state index in [1.165, 1.54) is 6.33 Å². The highest BCUT2D eigenvalue weighted by Crippen LogP contribution is 2.40. The van der Waals surface area contributed by atoms with Crippen LogP contribution in [0.5, 0.6) is 23.0 Å². The van der Waals surface area contributed by atoms with Crippen LogP contribution in [0.15, 0.2) is 61.1 Å². The maximum atomic E-state index is 5.41. The van der Waals surface area contributed by atoms with Crippen LogP contribution in [0.3, 0.4) is 0 Å². The molecule has 0 fully saturated rings. The van der Waals surface area contributed by atoms with Crippen molar-refractivity contribution in [3.05, 3.63) is 61.1 Å². The molecule has 2 aromatic heterocycles. The molecule has 0 aliphatic heterocycles. The summed E-state index contributed by atoms with van der Waals surface area (Å²) in [6.07, 6.45) is 3.14. The van der Waals surface area contributed by atoms with Crippen LogP contribution in [0.1, 0.15) is 0 Å². The highest BCUT2D eigenvalue weighted by Gasteiger charge is 2.14. The van der Waals surface area contributed by atoms with Gasteiger partial charge in [0.25, 0.3) is 0 Å². The molecule has 4 rings (SSSR count). The van der Waals surface area contributed by atoms with Gasteiger partial charge < -0.3 is 29.6 Å². The molecule has 0 radical (unpaired) electrons. The van der Waals surface area contributed by atoms with E-state index in [2.05, 4.69) is 30.6 Å². The minimum atomic E-state index is 0.362. The van der Waals surface area contributed by atoms with E-state index in [0.29, 0.717) is 40.5 Å². The van der Waals surface area contributed by atoms with Gasteiger partial charge in [-0.05, 0) is 36.4 Å². The zero-order valence-electron chi connectivity index (χ0n) is 19.2. The van der Waals surface area contributed by atoms with Crippen molar-refractivity contribution >= 4 is 23.1 Å². The minimum Gasteiger partial charge on any atom is -0.497 e. The summed E-state index contributed by atoms with van der Waals surface area (Å²) < 4.78 is 21.4. The van der Waals surface area contributed by atoms with Gasteiger partial charge in [-0.25, -0.2) is 15.0 Å². The van der Waals surface area contributed by atoms with Gasteiger partial charge in [0.05, 0.1) is 28.4 Å². The molecule has 10 nitrogen and oxygen atoms in total. The Morgan fingerprint density at radius 1 is 0.676 bits per heavy atom. The first-order valence-electron chi connectivity index (χ1n) is 10.3. The normalized spacial score (nSPS) is 10.4. The van der Waals surface area contributed by atoms with Crippen molar-refractivity contribution in [2.45, 2.75) is 0 Å². The Hall–Kier alpha value is -4.60. The largest absolute Gasteiger partial charge is 0.497 e. The van der Waals surface area contributed by atoms with E-state index in [1.54, 1.807) is 46.8 Å². The van der Waals surface area contributed by atoms with E-state index in [4.69, 9.17) is 18.9 Å². The van der Waals surface area contributed by atoms with Crippen LogP contribution in [0, 0.1) is 0 Å². The van der Waals surface area contributed by atoms with Crippen LogP contribution in [-0.4, -0.2) is 48.4 Å². The van der Waals surface area contributed by atoms with Gasteiger partial charge in [0.1, 0.15) is 17.9 Å². The molecule has 2 aromatic carbocycles. The predicted octanol–water partition coefficient (Wildman–Crippen LogP) is 4.46. The third-order valence-corrected chi connectivity index (χ3v) is 4.87. The average molecular weight is 460 g/mol. The summed E-state index contributed by atoms with van der Waals surface area (Å²) in [5, 5.41) is 6.42. The van der Waals surface area contributed by atoms with Gasteiger partial charge in [-0.15, -0.1) is 0 Å². The number of nitrogens with zero attached hydrogens (tertiary/aromatic N) is 4. The van der Waals surface area contributed by atoms with Gasteiger partial charge >= 0.3 is 0 Å². The summed E-state index contributed by atoms with van der Waals surface area (Å²) in [7, 11) is 6.30. The fourth-order valence-corrected chi connectivity index (χ4v) is 3.24. The quantitative estimate of drug-likeness (QED) is 0.371. The maximum Gasteiger partial charge on any atom is 0.230 e. The Balaban J connectivity index is 1.56. The number of hydrogen-bond donors (Lipinski definition) is 2. The third kappa shape index (κ3) is 5.07. The lowest BCUT2D eigenvalue weighted by molar-refractivity contribution is 0.324. The molecule has 0 unspecified atom stereocenters. The lowest BCUT2D eigenvalue weighted by Gasteiger charge is -2.14. The average Bonchev–Trinajstić information content (AvgIpc) is 2.89. The molecule has 0 aliphatic carbocycles. The van der Waals surface area contributed by atoms with Crippen molar-refractivity contribution in [2.24, 2.45) is 0 Å². The second-order valence-corrected chi connectivity index (χ2v) is 6.95. The highest BCUT2D eigenvalue weighted by atomic mass is 16.5. The Morgan fingerprint density at radius 3 is 2.06 bits per heavy atom. The Morgan fingerprint density at radius 2 is 1.41 bits per heavy atom. The number of pyridine rings is 1. The van der Waals surface area contributed by atoms with E-state index < -0.39 is 0 Å². The van der Waals surface area contributed by atoms with Gasteiger partial charge in [0.2, 0.25) is 11.7 Å². The molecule has 2 N–H and O–H groups in total. The van der Waals surface area contributed by atoms with Gasteiger partial charge in [-0.3, -0.25) is 0 Å². The van der Waals surface area contributed by atoms with Crippen LogP contribution in [-0.2, 0) is 0 Å². The number of benzene rings is 2. The van der Waals surface area contributed by atoms with Gasteiger partial charge in [0.15, 0.2) is 17.3 Å². The summed E-state index contributed by atoms with van der Waals surface area (Å²) in [6.45, 7) is 0. The summed E-state index contributed by atoms with van der Waals surface area (Å²) in [4.78, 5) is 17.5. The third-order valence-electron chi connectivity index (χ3n) is 4.87. The van der Waals surface area contributed by atoms with Gasteiger partial charge in [-0.2, -0.15) is 4.98 Å². The summed E-state index contributed by atoms with van der Waals surface area (Å²) in [5.74, 6) is 3.82. The number of hydrogen-bond acceptors (Lipinski definition) is 10. The number of aromatic nitrogens is 4. The maximum absolute atomic E-state index is 5.41. The summed E-state index contributed by atoms with van der Waals surface area (Å²) in [5.41, 5.74) is 2.33. The van der Waals surface area contributed by atoms with Crippen LogP contribution < -0.4 is 29.6 Å². The lowest BCUT2D eigenvalue weighted by atomic mass is 10.2. The first-order valence-corrected chi connectivity index (χ1v) is 10.3. The van der Waals surface area contributed by atoms with Crippen LogP contribution in [0.2, 0.25) is 0 Å². The number of ether oxygens (including phenoxy) is 4. The van der Waals surface area contributed by atoms with Crippen LogP contribution >= 0.6 is 0 Å². The minimum absolute atomic E-state index is 0.362. The van der Waals surface area contributed by atoms with Crippen LogP contribution in [0.4, 0.5) is 23.1 Å². The molecule has 0 spiro atoms. The molecule has 0 amide bonds. The fourth-order valence-electron chi connectivity index (χ4n) is 3.24. The molecular formula is C24H24N6O4. The number of methoxy groups -OCH3 is 4. The van der Waals surface area contributed by atoms with E-state index in [0.717, 1.165) is 17.0 Å². The first-order chi connectivity index (χ1) is 16.6. The van der Waals surface area contributed by atoms with Crippen LogP contribution in [0.25, 0.3) is 11.4 Å². The Labute approximate surface area is 196 Å². The molecule has 0 saturated heterocycles. The van der Waals surface area contributed by atoms with Crippen molar-refractivity contribution < 1.29 is 18.9 Å². The Bertz CT molecular complexity index is 1240. The number of anilines is 4. The molecule has 2 heterocycles. The molecular weight excluding hydrogens is 436 g/mol. The molecule has 174 valence electrons. The van der Waals surface area contributed by atoms with E-state index in [-0.39, 0.29) is 0 Å². The van der Waals surface area contributed by atoms with Crippen molar-refractivity contribution in [1.82, 2.24) is 19.9 Å². The van der Waals surface area contributed by atoms with E-state index in [9.17, 15) is 0 Å². The second-order valence-electron chi connectivity index (χ2n) is 6.95. The zero-order chi connectivity index (χ0) is 23.9. The second kappa shape index (κ2) is 10.3. The first kappa shape index (κ1) is 22.6. The van der Waals surface area contributed by atoms with Crippen molar-refractivity contribution in [2.75, 3.05) is 39.1 Å². The number of nitrogens with one attached hydrogen (secondary N) is 2.